The summed E-state index contributed by atoms with van der Waals surface area (Å²) in [4.78, 5) is 5.22. The summed E-state index contributed by atoms with van der Waals surface area (Å²) in [6, 6.07) is 9.58. The lowest BCUT2D eigenvalue weighted by Gasteiger charge is -2.46. The van der Waals surface area contributed by atoms with Gasteiger partial charge in [0.2, 0.25) is 0 Å². The molecule has 2 unspecified atom stereocenters. The van der Waals surface area contributed by atoms with Gasteiger partial charge in [-0.15, -0.1) is 0 Å². The number of aryl methyl sites for hydroxylation is 1. The molecule has 0 spiro atoms. The minimum Gasteiger partial charge on any atom is -0.329 e. The number of likely N-dealkylation sites (N-methyl/N-ethyl adjacent to an activating group) is 1. The van der Waals surface area contributed by atoms with Crippen molar-refractivity contribution in [3.63, 3.8) is 0 Å². The van der Waals surface area contributed by atoms with Gasteiger partial charge in [0.25, 0.3) is 0 Å². The molecule has 3 rings (SSSR count). The Morgan fingerprint density at radius 2 is 2.00 bits per heavy atom. The van der Waals surface area contributed by atoms with Crippen LogP contribution in [-0.2, 0) is 6.54 Å². The van der Waals surface area contributed by atoms with Crippen LogP contribution in [0.3, 0.4) is 0 Å². The third-order valence-corrected chi connectivity index (χ3v) is 5.72. The maximum atomic E-state index is 6.29. The van der Waals surface area contributed by atoms with Crippen molar-refractivity contribution in [1.82, 2.24) is 9.80 Å². The normalized spacial score (nSPS) is 29.8. The Balaban J connectivity index is 1.77. The largest absolute Gasteiger partial charge is 0.329 e. The van der Waals surface area contributed by atoms with Crippen LogP contribution in [0, 0.1) is 6.92 Å². The number of nitrogens with two attached hydrogens (primary N) is 1. The lowest BCUT2D eigenvalue weighted by atomic mass is 9.83. The van der Waals surface area contributed by atoms with Crippen molar-refractivity contribution >= 4 is 0 Å². The fourth-order valence-electron chi connectivity index (χ4n) is 4.33. The Morgan fingerprint density at radius 3 is 2.71 bits per heavy atom. The highest BCUT2D eigenvalue weighted by atomic mass is 15.3. The van der Waals surface area contributed by atoms with Gasteiger partial charge in [-0.25, -0.2) is 0 Å². The summed E-state index contributed by atoms with van der Waals surface area (Å²) in [5.41, 5.74) is 9.18. The first-order valence-electron chi connectivity index (χ1n) is 8.36. The van der Waals surface area contributed by atoms with Crippen LogP contribution >= 0.6 is 0 Å². The van der Waals surface area contributed by atoms with Crippen LogP contribution in [0.5, 0.6) is 0 Å². The smallest absolute Gasteiger partial charge is 0.0499 e. The molecule has 2 heterocycles. The second-order valence-electron chi connectivity index (χ2n) is 6.95. The monoisotopic (exact) mass is 287 g/mol. The molecule has 1 aromatic rings. The Labute approximate surface area is 129 Å². The van der Waals surface area contributed by atoms with Crippen molar-refractivity contribution in [1.29, 1.82) is 0 Å². The lowest BCUT2D eigenvalue weighted by molar-refractivity contribution is 0.0512. The molecule has 2 saturated heterocycles. The SMILES string of the molecule is Cc1ccc(CN(C)C2(CN)CCN3CCCCC32)cc1. The highest BCUT2D eigenvalue weighted by molar-refractivity contribution is 5.22. The van der Waals surface area contributed by atoms with E-state index in [4.69, 9.17) is 5.73 Å². The number of fused-ring (bicyclic) bond motifs is 1. The zero-order valence-electron chi connectivity index (χ0n) is 13.5. The van der Waals surface area contributed by atoms with Crippen molar-refractivity contribution in [2.45, 2.75) is 50.7 Å². The molecule has 2 fully saturated rings. The van der Waals surface area contributed by atoms with Gasteiger partial charge in [0.15, 0.2) is 0 Å². The number of rotatable bonds is 4. The van der Waals surface area contributed by atoms with Gasteiger partial charge in [-0.2, -0.15) is 0 Å². The predicted molar refractivity (Wildman–Crippen MR) is 88.3 cm³/mol. The van der Waals surface area contributed by atoms with E-state index in [0.29, 0.717) is 6.04 Å². The molecule has 3 heteroatoms. The maximum absolute atomic E-state index is 6.29. The van der Waals surface area contributed by atoms with E-state index in [1.807, 2.05) is 0 Å². The first-order chi connectivity index (χ1) is 10.2. The highest BCUT2D eigenvalue weighted by Gasteiger charge is 2.49. The Morgan fingerprint density at radius 1 is 1.24 bits per heavy atom. The molecule has 0 bridgehead atoms. The van der Waals surface area contributed by atoms with Crippen molar-refractivity contribution in [2.24, 2.45) is 5.73 Å². The number of benzene rings is 1. The van der Waals surface area contributed by atoms with Gasteiger partial charge < -0.3 is 5.73 Å². The van der Waals surface area contributed by atoms with Crippen molar-refractivity contribution in [3.05, 3.63) is 35.4 Å². The van der Waals surface area contributed by atoms with E-state index in [1.165, 1.54) is 49.9 Å². The van der Waals surface area contributed by atoms with E-state index >= 15 is 0 Å². The topological polar surface area (TPSA) is 32.5 Å². The molecule has 116 valence electrons. The van der Waals surface area contributed by atoms with Crippen LogP contribution in [0.25, 0.3) is 0 Å². The van der Waals surface area contributed by atoms with Crippen LogP contribution in [0.15, 0.2) is 24.3 Å². The van der Waals surface area contributed by atoms with Crippen molar-refractivity contribution in [2.75, 3.05) is 26.7 Å². The third kappa shape index (κ3) is 2.75. The molecule has 0 amide bonds. The van der Waals surface area contributed by atoms with E-state index in [1.54, 1.807) is 0 Å². The van der Waals surface area contributed by atoms with Gasteiger partial charge in [0.1, 0.15) is 0 Å². The molecule has 0 aliphatic carbocycles. The van der Waals surface area contributed by atoms with Gasteiger partial charge in [-0.3, -0.25) is 9.80 Å². The molecule has 0 radical (unpaired) electrons. The van der Waals surface area contributed by atoms with Gasteiger partial charge in [0, 0.05) is 31.2 Å². The molecule has 2 N–H and O–H groups in total. The molecule has 0 aromatic heterocycles. The Hall–Kier alpha value is -0.900. The van der Waals surface area contributed by atoms with Crippen molar-refractivity contribution < 1.29 is 0 Å². The van der Waals surface area contributed by atoms with Crippen LogP contribution in [0.4, 0.5) is 0 Å². The van der Waals surface area contributed by atoms with E-state index < -0.39 is 0 Å². The average molecular weight is 287 g/mol. The molecule has 1 aromatic carbocycles. The first-order valence-corrected chi connectivity index (χ1v) is 8.36. The van der Waals surface area contributed by atoms with Gasteiger partial charge >= 0.3 is 0 Å². The number of piperidine rings is 1. The van der Waals surface area contributed by atoms with E-state index in [0.717, 1.165) is 13.1 Å². The maximum Gasteiger partial charge on any atom is 0.0499 e. The summed E-state index contributed by atoms with van der Waals surface area (Å²) in [5.74, 6) is 0. The molecule has 0 saturated carbocycles. The summed E-state index contributed by atoms with van der Waals surface area (Å²) >= 11 is 0. The van der Waals surface area contributed by atoms with E-state index in [9.17, 15) is 0 Å². The lowest BCUT2D eigenvalue weighted by Crippen LogP contribution is -2.60. The van der Waals surface area contributed by atoms with Crippen LogP contribution in [0.1, 0.15) is 36.8 Å². The minimum atomic E-state index is 0.172. The number of nitrogens with zero attached hydrogens (tertiary/aromatic N) is 2. The Kier molecular flexibility index (Phi) is 4.34. The summed E-state index contributed by atoms with van der Waals surface area (Å²) in [7, 11) is 2.27. The summed E-state index contributed by atoms with van der Waals surface area (Å²) in [5, 5.41) is 0. The van der Waals surface area contributed by atoms with E-state index in [-0.39, 0.29) is 5.54 Å². The fraction of sp³-hybridized carbons (Fsp3) is 0.667. The van der Waals surface area contributed by atoms with Gasteiger partial charge in [-0.05, 0) is 45.3 Å². The zero-order chi connectivity index (χ0) is 14.9. The highest BCUT2D eigenvalue weighted by Crippen LogP contribution is 2.38. The molecule has 2 atom stereocenters. The van der Waals surface area contributed by atoms with Gasteiger partial charge in [0.05, 0.1) is 0 Å². The quantitative estimate of drug-likeness (QED) is 0.923. The number of hydrogen-bond acceptors (Lipinski definition) is 3. The summed E-state index contributed by atoms with van der Waals surface area (Å²) in [6.45, 7) is 6.41. The predicted octanol–water partition coefficient (Wildman–Crippen LogP) is 2.38. The van der Waals surface area contributed by atoms with Crippen LogP contribution < -0.4 is 5.73 Å². The molecule has 2 aliphatic rings. The summed E-state index contributed by atoms with van der Waals surface area (Å²) < 4.78 is 0. The molecule has 21 heavy (non-hydrogen) atoms. The summed E-state index contributed by atoms with van der Waals surface area (Å²) in [6.07, 6.45) is 5.26. The molecular formula is C18H29N3. The van der Waals surface area contributed by atoms with Crippen LogP contribution in [-0.4, -0.2) is 48.1 Å². The molecule has 3 nitrogen and oxygen atoms in total. The second kappa shape index (κ2) is 6.07. The first kappa shape index (κ1) is 15.0. The molecule has 2 aliphatic heterocycles. The van der Waals surface area contributed by atoms with E-state index in [2.05, 4.69) is 48.0 Å². The van der Waals surface area contributed by atoms with Crippen LogP contribution in [0.2, 0.25) is 0 Å². The third-order valence-electron chi connectivity index (χ3n) is 5.72. The van der Waals surface area contributed by atoms with Crippen molar-refractivity contribution in [3.8, 4) is 0 Å². The standard InChI is InChI=1S/C18H29N3/c1-15-6-8-16(9-7-15)13-20(2)18(14-19)10-12-21-11-4-3-5-17(18)21/h6-9,17H,3-5,10-14,19H2,1-2H3. The second-order valence-corrected chi connectivity index (χ2v) is 6.95. The average Bonchev–Trinajstić information content (AvgIpc) is 2.90. The van der Waals surface area contributed by atoms with Gasteiger partial charge in [-0.1, -0.05) is 36.2 Å². The number of hydrogen-bond donors (Lipinski definition) is 1. The Bertz CT molecular complexity index is 470. The fourth-order valence-corrected chi connectivity index (χ4v) is 4.33. The minimum absolute atomic E-state index is 0.172. The molecular weight excluding hydrogens is 258 g/mol. The zero-order valence-corrected chi connectivity index (χ0v) is 13.5.